The second-order valence-corrected chi connectivity index (χ2v) is 9.07. The molecule has 0 bridgehead atoms. The third-order valence-corrected chi connectivity index (χ3v) is 6.79. The van der Waals surface area contributed by atoms with E-state index in [9.17, 15) is 13.7 Å². The molecule has 1 aromatic heterocycles. The average molecular weight is 346 g/mol. The van der Waals surface area contributed by atoms with Gasteiger partial charge in [0.15, 0.2) is 9.84 Å². The summed E-state index contributed by atoms with van der Waals surface area (Å²) in [5, 5.41) is 11.3. The maximum Gasteiger partial charge on any atom is 0.151 e. The maximum atomic E-state index is 11.8. The Balaban J connectivity index is 1.84. The molecule has 2 heterocycles. The van der Waals surface area contributed by atoms with Crippen LogP contribution in [-0.2, 0) is 22.9 Å². The van der Waals surface area contributed by atoms with Gasteiger partial charge in [-0.05, 0) is 29.5 Å². The molecule has 4 nitrogen and oxygen atoms in total. The van der Waals surface area contributed by atoms with Gasteiger partial charge in [0.2, 0.25) is 0 Å². The van der Waals surface area contributed by atoms with Gasteiger partial charge in [-0.2, -0.15) is 5.26 Å². The summed E-state index contributed by atoms with van der Waals surface area (Å²) in [5.74, 6) is 0.478. The van der Waals surface area contributed by atoms with E-state index in [1.165, 1.54) is 4.88 Å². The highest BCUT2D eigenvalue weighted by atomic mass is 32.2. The van der Waals surface area contributed by atoms with Gasteiger partial charge in [0.25, 0.3) is 0 Å². The zero-order valence-electron chi connectivity index (χ0n) is 12.7. The van der Waals surface area contributed by atoms with Crippen molar-refractivity contribution < 1.29 is 8.42 Å². The fourth-order valence-electron chi connectivity index (χ4n) is 2.97. The van der Waals surface area contributed by atoms with Crippen LogP contribution in [0.5, 0.6) is 0 Å². The first-order valence-electron chi connectivity index (χ1n) is 7.52. The van der Waals surface area contributed by atoms with E-state index in [-0.39, 0.29) is 17.5 Å². The van der Waals surface area contributed by atoms with E-state index in [0.717, 1.165) is 12.1 Å². The highest BCUT2D eigenvalue weighted by molar-refractivity contribution is 7.91. The molecule has 0 saturated carbocycles. The highest BCUT2D eigenvalue weighted by Gasteiger charge is 2.32. The zero-order valence-corrected chi connectivity index (χ0v) is 14.3. The smallest absolute Gasteiger partial charge is 0.151 e. The van der Waals surface area contributed by atoms with Crippen LogP contribution in [0.1, 0.15) is 22.4 Å². The summed E-state index contributed by atoms with van der Waals surface area (Å²) in [4.78, 5) is 3.41. The van der Waals surface area contributed by atoms with Gasteiger partial charge in [0.05, 0.1) is 23.1 Å². The number of hydrogen-bond acceptors (Lipinski definition) is 5. The first kappa shape index (κ1) is 16.2. The van der Waals surface area contributed by atoms with Crippen LogP contribution >= 0.6 is 11.3 Å². The lowest BCUT2D eigenvalue weighted by Gasteiger charge is -2.28. The summed E-state index contributed by atoms with van der Waals surface area (Å²) in [6, 6.07) is 13.9. The van der Waals surface area contributed by atoms with Crippen LogP contribution in [-0.4, -0.2) is 30.9 Å². The standard InChI is InChI=1S/C17H18N2O2S2/c18-10-14-4-1-2-5-15(14)11-19(12-17-6-3-8-22-17)16-7-9-23(20,21)13-16/h1-6,8,16H,7,9,11-13H2/t16-/m1/s1. The topological polar surface area (TPSA) is 61.2 Å². The van der Waals surface area contributed by atoms with Gasteiger partial charge >= 0.3 is 0 Å². The summed E-state index contributed by atoms with van der Waals surface area (Å²) < 4.78 is 23.7. The third kappa shape index (κ3) is 3.99. The van der Waals surface area contributed by atoms with Crippen molar-refractivity contribution in [2.75, 3.05) is 11.5 Å². The number of hydrogen-bond donors (Lipinski definition) is 0. The predicted octanol–water partition coefficient (Wildman–Crippen LogP) is 2.81. The number of nitriles is 1. The van der Waals surface area contributed by atoms with Crippen molar-refractivity contribution in [1.29, 1.82) is 5.26 Å². The Bertz CT molecular complexity index is 807. The number of nitrogens with zero attached hydrogens (tertiary/aromatic N) is 2. The van der Waals surface area contributed by atoms with Gasteiger partial charge in [-0.15, -0.1) is 11.3 Å². The lowest BCUT2D eigenvalue weighted by atomic mass is 10.1. The summed E-state index contributed by atoms with van der Waals surface area (Å²) in [5.41, 5.74) is 1.61. The molecular formula is C17H18N2O2S2. The van der Waals surface area contributed by atoms with Gasteiger partial charge in [0, 0.05) is 24.0 Å². The first-order chi connectivity index (χ1) is 11.1. The third-order valence-electron chi connectivity index (χ3n) is 4.18. The summed E-state index contributed by atoms with van der Waals surface area (Å²) >= 11 is 1.67. The second-order valence-electron chi connectivity index (χ2n) is 5.81. The maximum absolute atomic E-state index is 11.8. The van der Waals surface area contributed by atoms with E-state index in [0.29, 0.717) is 18.5 Å². The molecule has 0 unspecified atom stereocenters. The van der Waals surface area contributed by atoms with Gasteiger partial charge in [-0.1, -0.05) is 24.3 Å². The fraction of sp³-hybridized carbons (Fsp3) is 0.353. The molecule has 1 aliphatic heterocycles. The van der Waals surface area contributed by atoms with Crippen molar-refractivity contribution in [3.8, 4) is 6.07 Å². The Morgan fingerprint density at radius 3 is 2.70 bits per heavy atom. The van der Waals surface area contributed by atoms with Gasteiger partial charge < -0.3 is 0 Å². The average Bonchev–Trinajstić information content (AvgIpc) is 3.16. The molecule has 2 aromatic rings. The van der Waals surface area contributed by atoms with E-state index >= 15 is 0 Å². The van der Waals surface area contributed by atoms with Gasteiger partial charge in [-0.25, -0.2) is 8.42 Å². The molecule has 0 spiro atoms. The van der Waals surface area contributed by atoms with Crippen LogP contribution in [0.15, 0.2) is 41.8 Å². The molecule has 1 saturated heterocycles. The molecule has 6 heteroatoms. The number of rotatable bonds is 5. The van der Waals surface area contributed by atoms with E-state index < -0.39 is 9.84 Å². The molecule has 0 N–H and O–H groups in total. The van der Waals surface area contributed by atoms with Crippen molar-refractivity contribution in [3.05, 3.63) is 57.8 Å². The van der Waals surface area contributed by atoms with Crippen LogP contribution in [0.3, 0.4) is 0 Å². The van der Waals surface area contributed by atoms with Crippen LogP contribution in [0, 0.1) is 11.3 Å². The molecular weight excluding hydrogens is 328 g/mol. The second kappa shape index (κ2) is 6.83. The predicted molar refractivity (Wildman–Crippen MR) is 91.8 cm³/mol. The molecule has 1 fully saturated rings. The molecule has 23 heavy (non-hydrogen) atoms. The number of benzene rings is 1. The minimum absolute atomic E-state index is 0.0221. The quantitative estimate of drug-likeness (QED) is 0.835. The first-order valence-corrected chi connectivity index (χ1v) is 10.2. The molecule has 0 amide bonds. The molecule has 1 aliphatic rings. The fourth-order valence-corrected chi connectivity index (χ4v) is 5.46. The van der Waals surface area contributed by atoms with Gasteiger partial charge in [-0.3, -0.25) is 4.90 Å². The molecule has 1 aromatic carbocycles. The van der Waals surface area contributed by atoms with E-state index in [1.807, 2.05) is 35.7 Å². The minimum Gasteiger partial charge on any atom is -0.290 e. The van der Waals surface area contributed by atoms with E-state index in [4.69, 9.17) is 0 Å². The Labute approximate surface area is 140 Å². The lowest BCUT2D eigenvalue weighted by molar-refractivity contribution is 0.196. The highest BCUT2D eigenvalue weighted by Crippen LogP contribution is 2.24. The van der Waals surface area contributed by atoms with Crippen LogP contribution < -0.4 is 0 Å². The summed E-state index contributed by atoms with van der Waals surface area (Å²) in [6.07, 6.45) is 0.669. The van der Waals surface area contributed by atoms with Crippen molar-refractivity contribution in [1.82, 2.24) is 4.90 Å². The van der Waals surface area contributed by atoms with Crippen molar-refractivity contribution in [2.45, 2.75) is 25.6 Å². The van der Waals surface area contributed by atoms with Crippen molar-refractivity contribution in [3.63, 3.8) is 0 Å². The van der Waals surface area contributed by atoms with Crippen LogP contribution in [0.25, 0.3) is 0 Å². The van der Waals surface area contributed by atoms with E-state index in [2.05, 4.69) is 17.0 Å². The van der Waals surface area contributed by atoms with Crippen molar-refractivity contribution in [2.24, 2.45) is 0 Å². The van der Waals surface area contributed by atoms with Crippen LogP contribution in [0.4, 0.5) is 0 Å². The number of thiophene rings is 1. The Morgan fingerprint density at radius 1 is 1.22 bits per heavy atom. The Hall–Kier alpha value is -1.68. The molecule has 3 rings (SSSR count). The summed E-state index contributed by atoms with van der Waals surface area (Å²) in [6.45, 7) is 1.32. The minimum atomic E-state index is -2.93. The van der Waals surface area contributed by atoms with Crippen LogP contribution in [0.2, 0.25) is 0 Å². The monoisotopic (exact) mass is 346 g/mol. The van der Waals surface area contributed by atoms with Gasteiger partial charge in [0.1, 0.15) is 0 Å². The SMILES string of the molecule is N#Cc1ccccc1CN(Cc1cccs1)[C@@H]1CCS(=O)(=O)C1. The largest absolute Gasteiger partial charge is 0.290 e. The lowest BCUT2D eigenvalue weighted by Crippen LogP contribution is -2.35. The Morgan fingerprint density at radius 2 is 2.04 bits per heavy atom. The number of sulfone groups is 1. The molecule has 120 valence electrons. The zero-order chi connectivity index (χ0) is 16.3. The van der Waals surface area contributed by atoms with Crippen molar-refractivity contribution >= 4 is 21.2 Å². The normalized spacial score (nSPS) is 19.7. The summed E-state index contributed by atoms with van der Waals surface area (Å²) in [7, 11) is -2.93. The van der Waals surface area contributed by atoms with E-state index in [1.54, 1.807) is 11.3 Å². The Kier molecular flexibility index (Phi) is 4.81. The molecule has 0 aliphatic carbocycles. The molecule has 0 radical (unpaired) electrons. The molecule has 1 atom stereocenters.